The van der Waals surface area contributed by atoms with Crippen LogP contribution >= 0.6 is 0 Å². The number of benzene rings is 1. The van der Waals surface area contributed by atoms with E-state index in [1.165, 1.54) is 17.5 Å². The summed E-state index contributed by atoms with van der Waals surface area (Å²) in [6.07, 6.45) is 1.25. The second-order valence-electron chi connectivity index (χ2n) is 2.86. The Kier molecular flexibility index (Phi) is 5.54. The minimum Gasteiger partial charge on any atom is -0.0656 e. The van der Waals surface area contributed by atoms with Gasteiger partial charge in [0.1, 0.15) is 0 Å². The number of hydrogen-bond donors (Lipinski definition) is 0. The third-order valence-electron chi connectivity index (χ3n) is 1.22. The highest BCUT2D eigenvalue weighted by Crippen LogP contribution is 1.99. The Labute approximate surface area is 70.3 Å². The quantitative estimate of drug-likeness (QED) is 0.528. The highest BCUT2D eigenvalue weighted by molar-refractivity contribution is 5.19. The first-order valence-corrected chi connectivity index (χ1v) is 4.24. The molecule has 0 unspecified atom stereocenters. The lowest BCUT2D eigenvalue weighted by Gasteiger charge is -1.90. The maximum Gasteiger partial charge on any atom is -0.0398 e. The summed E-state index contributed by atoms with van der Waals surface area (Å²) >= 11 is 0. The van der Waals surface area contributed by atoms with Crippen LogP contribution in [0.2, 0.25) is 0 Å². The molecule has 0 aliphatic rings. The first-order chi connectivity index (χ1) is 5.20. The van der Waals surface area contributed by atoms with Crippen LogP contribution in [-0.4, -0.2) is 0 Å². The molecule has 1 aromatic carbocycles. The van der Waals surface area contributed by atoms with Crippen molar-refractivity contribution in [3.05, 3.63) is 35.4 Å². The first-order valence-electron chi connectivity index (χ1n) is 4.24. The predicted molar refractivity (Wildman–Crippen MR) is 51.9 cm³/mol. The van der Waals surface area contributed by atoms with Crippen molar-refractivity contribution in [1.82, 2.24) is 0 Å². The van der Waals surface area contributed by atoms with Crippen LogP contribution in [0.25, 0.3) is 0 Å². The van der Waals surface area contributed by atoms with Gasteiger partial charge in [-0.15, -0.1) is 0 Å². The van der Waals surface area contributed by atoms with Crippen LogP contribution in [0, 0.1) is 13.8 Å². The van der Waals surface area contributed by atoms with Crippen molar-refractivity contribution in [1.29, 1.82) is 0 Å². The van der Waals surface area contributed by atoms with Crippen LogP contribution in [0.1, 0.15) is 31.4 Å². The summed E-state index contributed by atoms with van der Waals surface area (Å²) in [5.74, 6) is 0. The molecule has 11 heavy (non-hydrogen) atoms. The summed E-state index contributed by atoms with van der Waals surface area (Å²) in [4.78, 5) is 0. The molecule has 1 rings (SSSR count). The van der Waals surface area contributed by atoms with Gasteiger partial charge in [0.15, 0.2) is 0 Å². The average molecular weight is 150 g/mol. The van der Waals surface area contributed by atoms with Crippen molar-refractivity contribution in [3.8, 4) is 0 Å². The SMILES string of the molecule is CCC.Cc1ccc(C)cc1. The molecule has 0 aromatic heterocycles. The van der Waals surface area contributed by atoms with Crippen molar-refractivity contribution in [3.63, 3.8) is 0 Å². The van der Waals surface area contributed by atoms with E-state index in [9.17, 15) is 0 Å². The van der Waals surface area contributed by atoms with Crippen molar-refractivity contribution >= 4 is 0 Å². The molecule has 0 bridgehead atoms. The lowest BCUT2D eigenvalue weighted by molar-refractivity contribution is 1.09. The van der Waals surface area contributed by atoms with Gasteiger partial charge in [0, 0.05) is 0 Å². The summed E-state index contributed by atoms with van der Waals surface area (Å²) in [6, 6.07) is 8.48. The van der Waals surface area contributed by atoms with Crippen molar-refractivity contribution < 1.29 is 0 Å². The van der Waals surface area contributed by atoms with Crippen LogP contribution in [0.15, 0.2) is 24.3 Å². The lowest BCUT2D eigenvalue weighted by Crippen LogP contribution is -1.70. The highest BCUT2D eigenvalue weighted by atomic mass is 13.9. The zero-order valence-corrected chi connectivity index (χ0v) is 8.02. The Morgan fingerprint density at radius 1 is 0.818 bits per heavy atom. The Morgan fingerprint density at radius 3 is 1.18 bits per heavy atom. The highest BCUT2D eigenvalue weighted by Gasteiger charge is 1.79. The van der Waals surface area contributed by atoms with Gasteiger partial charge in [-0.2, -0.15) is 0 Å². The summed E-state index contributed by atoms with van der Waals surface area (Å²) < 4.78 is 0. The number of hydrogen-bond acceptors (Lipinski definition) is 0. The maximum absolute atomic E-state index is 2.12. The molecule has 0 spiro atoms. The average Bonchev–Trinajstić information content (AvgIpc) is 1.97. The van der Waals surface area contributed by atoms with Gasteiger partial charge < -0.3 is 0 Å². The molecule has 0 saturated heterocycles. The molecule has 0 nitrogen and oxygen atoms in total. The lowest BCUT2D eigenvalue weighted by atomic mass is 10.2. The van der Waals surface area contributed by atoms with Crippen LogP contribution in [-0.2, 0) is 0 Å². The Morgan fingerprint density at radius 2 is 1.00 bits per heavy atom. The molecule has 0 radical (unpaired) electrons. The smallest absolute Gasteiger partial charge is 0.0398 e. The number of aryl methyl sites for hydroxylation is 2. The fourth-order valence-electron chi connectivity index (χ4n) is 0.637. The van der Waals surface area contributed by atoms with E-state index in [4.69, 9.17) is 0 Å². The molecule has 1 aromatic rings. The van der Waals surface area contributed by atoms with Gasteiger partial charge >= 0.3 is 0 Å². The molecule has 0 heteroatoms. The Bertz CT molecular complexity index is 151. The van der Waals surface area contributed by atoms with Crippen LogP contribution in [0.4, 0.5) is 0 Å². The standard InChI is InChI=1S/C8H10.C3H8/c1-7-3-5-8(2)6-4-7;1-3-2/h3-6H,1-2H3;3H2,1-2H3. The van der Waals surface area contributed by atoms with Crippen LogP contribution in [0.5, 0.6) is 0 Å². The first kappa shape index (κ1) is 10.2. The molecule has 62 valence electrons. The van der Waals surface area contributed by atoms with Gasteiger partial charge in [-0.05, 0) is 13.8 Å². The summed E-state index contributed by atoms with van der Waals surface area (Å²) in [7, 11) is 0. The van der Waals surface area contributed by atoms with Crippen LogP contribution < -0.4 is 0 Å². The Hall–Kier alpha value is -0.780. The summed E-state index contributed by atoms with van der Waals surface area (Å²) in [6.45, 7) is 8.44. The molecule has 0 saturated carbocycles. The third-order valence-corrected chi connectivity index (χ3v) is 1.22. The van der Waals surface area contributed by atoms with E-state index in [2.05, 4.69) is 52.0 Å². The Balaban J connectivity index is 0.000000292. The van der Waals surface area contributed by atoms with Gasteiger partial charge in [-0.3, -0.25) is 0 Å². The summed E-state index contributed by atoms with van der Waals surface area (Å²) in [5.41, 5.74) is 2.66. The van der Waals surface area contributed by atoms with E-state index in [1.54, 1.807) is 0 Å². The van der Waals surface area contributed by atoms with E-state index < -0.39 is 0 Å². The normalized spacial score (nSPS) is 8.36. The molecule has 0 atom stereocenters. The van der Waals surface area contributed by atoms with Crippen molar-refractivity contribution in [2.45, 2.75) is 34.1 Å². The van der Waals surface area contributed by atoms with E-state index in [1.807, 2.05) is 0 Å². The van der Waals surface area contributed by atoms with E-state index >= 15 is 0 Å². The van der Waals surface area contributed by atoms with Gasteiger partial charge in [-0.25, -0.2) is 0 Å². The molecule has 0 aliphatic carbocycles. The fraction of sp³-hybridized carbons (Fsp3) is 0.455. The second kappa shape index (κ2) is 5.96. The van der Waals surface area contributed by atoms with E-state index in [0.29, 0.717) is 0 Å². The fourth-order valence-corrected chi connectivity index (χ4v) is 0.637. The number of rotatable bonds is 0. The molecular weight excluding hydrogens is 132 g/mol. The van der Waals surface area contributed by atoms with Gasteiger partial charge in [0.25, 0.3) is 0 Å². The van der Waals surface area contributed by atoms with Gasteiger partial charge in [0.2, 0.25) is 0 Å². The zero-order valence-electron chi connectivity index (χ0n) is 8.02. The molecule has 0 heterocycles. The topological polar surface area (TPSA) is 0 Å². The van der Waals surface area contributed by atoms with Crippen molar-refractivity contribution in [2.75, 3.05) is 0 Å². The monoisotopic (exact) mass is 150 g/mol. The summed E-state index contributed by atoms with van der Waals surface area (Å²) in [5, 5.41) is 0. The zero-order chi connectivity index (χ0) is 8.69. The van der Waals surface area contributed by atoms with Gasteiger partial charge in [0.05, 0.1) is 0 Å². The molecule has 0 N–H and O–H groups in total. The van der Waals surface area contributed by atoms with E-state index in [-0.39, 0.29) is 0 Å². The van der Waals surface area contributed by atoms with Gasteiger partial charge in [-0.1, -0.05) is 55.7 Å². The van der Waals surface area contributed by atoms with Crippen LogP contribution in [0.3, 0.4) is 0 Å². The molecular formula is C11H18. The second-order valence-corrected chi connectivity index (χ2v) is 2.86. The molecule has 0 fully saturated rings. The molecule has 0 amide bonds. The van der Waals surface area contributed by atoms with Crippen molar-refractivity contribution in [2.24, 2.45) is 0 Å². The minimum absolute atomic E-state index is 1.25. The van der Waals surface area contributed by atoms with E-state index in [0.717, 1.165) is 0 Å². The third kappa shape index (κ3) is 5.65. The minimum atomic E-state index is 1.25. The largest absolute Gasteiger partial charge is 0.0656 e. The maximum atomic E-state index is 2.12. The molecule has 0 aliphatic heterocycles. The predicted octanol–water partition coefficient (Wildman–Crippen LogP) is 3.72.